The van der Waals surface area contributed by atoms with Gasteiger partial charge in [-0.25, -0.2) is 4.78 Å². The van der Waals surface area contributed by atoms with Crippen molar-refractivity contribution in [1.82, 2.24) is 4.78 Å². The van der Waals surface area contributed by atoms with E-state index >= 15 is 0 Å². The van der Waals surface area contributed by atoms with E-state index in [1.54, 1.807) is 0 Å². The monoisotopic (exact) mass is 322 g/mol. The van der Waals surface area contributed by atoms with Crippen LogP contribution in [0, 0.1) is 0 Å². The molecule has 1 aliphatic rings. The van der Waals surface area contributed by atoms with Gasteiger partial charge in [0.25, 0.3) is 0 Å². The number of furan rings is 1. The van der Waals surface area contributed by atoms with Crippen LogP contribution >= 0.6 is 40.1 Å². The number of hydrogen-bond acceptors (Lipinski definition) is 3. The van der Waals surface area contributed by atoms with Gasteiger partial charge in [-0.2, -0.15) is 5.10 Å². The molecule has 3 rings (SSSR count). The normalized spacial score (nSPS) is 15.7. The zero-order valence-corrected chi connectivity index (χ0v) is 12.0. The topological polar surface area (TPSA) is 45.8 Å². The van der Waals surface area contributed by atoms with E-state index in [4.69, 9.17) is 38.5 Å². The molecule has 1 aromatic carbocycles. The Hall–Kier alpha value is -0.670. The van der Waals surface area contributed by atoms with Crippen LogP contribution in [-0.4, -0.2) is 9.95 Å². The minimum Gasteiger partial charge on any atom is -0.453 e. The summed E-state index contributed by atoms with van der Waals surface area (Å²) in [5.74, 6) is -3.06. The van der Waals surface area contributed by atoms with Gasteiger partial charge in [0.05, 0.1) is 6.54 Å². The average Bonchev–Trinajstić information content (AvgIpc) is 2.67. The second-order valence-corrected chi connectivity index (χ2v) is 8.72. The molecule has 0 aliphatic carbocycles. The van der Waals surface area contributed by atoms with Crippen molar-refractivity contribution >= 4 is 56.2 Å². The summed E-state index contributed by atoms with van der Waals surface area (Å²) in [6, 6.07) is 7.44. The molecule has 0 saturated carbocycles. The highest BCUT2D eigenvalue weighted by molar-refractivity contribution is 8.06. The molecular formula is C10H6Cl3N2O2P. The molecule has 4 nitrogen and oxygen atoms in total. The largest absolute Gasteiger partial charge is 0.453 e. The number of halogens is 3. The van der Waals surface area contributed by atoms with Gasteiger partial charge in [0.2, 0.25) is 0 Å². The first-order valence-corrected chi connectivity index (χ1v) is 8.84. The van der Waals surface area contributed by atoms with Crippen molar-refractivity contribution in [3.8, 4) is 0 Å². The maximum absolute atomic E-state index is 11.6. The number of nitrogens with zero attached hydrogens (tertiary/aromatic N) is 2. The Kier molecular flexibility index (Phi) is 2.87. The summed E-state index contributed by atoms with van der Waals surface area (Å²) in [6.07, 6.45) is 0. The van der Waals surface area contributed by atoms with Crippen LogP contribution in [0.2, 0.25) is 0 Å². The molecule has 1 aromatic heterocycles. The van der Waals surface area contributed by atoms with E-state index in [2.05, 4.69) is 5.10 Å². The van der Waals surface area contributed by atoms with Crippen molar-refractivity contribution < 1.29 is 8.98 Å². The van der Waals surface area contributed by atoms with Crippen molar-refractivity contribution in [2.24, 2.45) is 5.10 Å². The average molecular weight is 324 g/mol. The molecule has 8 heteroatoms. The summed E-state index contributed by atoms with van der Waals surface area (Å²) >= 11 is 17.2. The van der Waals surface area contributed by atoms with E-state index in [0.717, 1.165) is 15.7 Å². The Balaban J connectivity index is 2.21. The summed E-state index contributed by atoms with van der Waals surface area (Å²) in [4.78, 5) is 0. The van der Waals surface area contributed by atoms with Gasteiger partial charge in [-0.3, -0.25) is 4.57 Å². The molecule has 2 aromatic rings. The minimum atomic E-state index is -3.52. The molecule has 94 valence electrons. The molecular weight excluding hydrogens is 317 g/mol. The Morgan fingerprint density at radius 2 is 2.06 bits per heavy atom. The third-order valence-electron chi connectivity index (χ3n) is 2.66. The molecule has 0 amide bonds. The third kappa shape index (κ3) is 1.94. The molecule has 0 N–H and O–H groups in total. The van der Waals surface area contributed by atoms with Gasteiger partial charge in [0.1, 0.15) is 5.58 Å². The lowest BCUT2D eigenvalue weighted by Gasteiger charge is -2.22. The van der Waals surface area contributed by atoms with Gasteiger partial charge in [0, 0.05) is 10.9 Å². The predicted molar refractivity (Wildman–Crippen MR) is 73.5 cm³/mol. The fraction of sp³-hybridized carbons (Fsp3) is 0.100. The second-order valence-electron chi connectivity index (χ2n) is 3.76. The van der Waals surface area contributed by atoms with Crippen molar-refractivity contribution in [2.75, 3.05) is 0 Å². The van der Waals surface area contributed by atoms with E-state index < -0.39 is 6.00 Å². The van der Waals surface area contributed by atoms with Crippen LogP contribution in [0.15, 0.2) is 33.8 Å². The first-order chi connectivity index (χ1) is 8.47. The number of fused-ring (bicyclic) bond motifs is 3. The fourth-order valence-corrected chi connectivity index (χ4v) is 3.20. The van der Waals surface area contributed by atoms with Crippen molar-refractivity contribution in [2.45, 2.75) is 6.54 Å². The fourth-order valence-electron chi connectivity index (χ4n) is 1.88. The maximum Gasteiger partial charge on any atom is 0.361 e. The minimum absolute atomic E-state index is 0.0916. The molecule has 0 fully saturated rings. The first-order valence-electron chi connectivity index (χ1n) is 4.99. The quantitative estimate of drug-likeness (QED) is 0.712. The Bertz CT molecular complexity index is 706. The molecule has 0 atom stereocenters. The summed E-state index contributed by atoms with van der Waals surface area (Å²) in [6.45, 7) is 0.201. The zero-order chi connectivity index (χ0) is 12.9. The first kappa shape index (κ1) is 12.4. The smallest absolute Gasteiger partial charge is 0.361 e. The molecule has 18 heavy (non-hydrogen) atoms. The van der Waals surface area contributed by atoms with Crippen LogP contribution < -0.4 is 0 Å². The zero-order valence-electron chi connectivity index (χ0n) is 8.81. The lowest BCUT2D eigenvalue weighted by atomic mass is 10.1. The highest BCUT2D eigenvalue weighted by Gasteiger charge is 2.32. The van der Waals surface area contributed by atoms with E-state index in [9.17, 15) is 4.57 Å². The molecule has 0 bridgehead atoms. The lowest BCUT2D eigenvalue weighted by Crippen LogP contribution is -2.17. The summed E-state index contributed by atoms with van der Waals surface area (Å²) in [5.41, 5.74) is 1.48. The van der Waals surface area contributed by atoms with Crippen molar-refractivity contribution in [3.05, 3.63) is 35.6 Å². The Morgan fingerprint density at radius 1 is 1.33 bits per heavy atom. The van der Waals surface area contributed by atoms with Crippen LogP contribution in [0.1, 0.15) is 11.3 Å². The SMILES string of the molecule is O=P(Cl)(Cl)N1Cc2c(oc3ccccc23)C(Cl)=N1. The van der Waals surface area contributed by atoms with Gasteiger partial charge in [-0.05, 0) is 28.5 Å². The predicted octanol–water partition coefficient (Wildman–Crippen LogP) is 4.73. The summed E-state index contributed by atoms with van der Waals surface area (Å²) < 4.78 is 18.3. The number of para-hydroxylation sites is 1. The van der Waals surface area contributed by atoms with Gasteiger partial charge in [0.15, 0.2) is 10.9 Å². The van der Waals surface area contributed by atoms with Gasteiger partial charge in [-0.1, -0.05) is 29.8 Å². The van der Waals surface area contributed by atoms with Gasteiger partial charge >= 0.3 is 6.00 Å². The molecule has 2 heterocycles. The Labute approximate surface area is 117 Å². The van der Waals surface area contributed by atoms with Crippen molar-refractivity contribution in [1.29, 1.82) is 0 Å². The third-order valence-corrected chi connectivity index (χ3v) is 4.72. The number of rotatable bonds is 1. The van der Waals surface area contributed by atoms with E-state index in [1.165, 1.54) is 0 Å². The van der Waals surface area contributed by atoms with Gasteiger partial charge < -0.3 is 4.42 Å². The van der Waals surface area contributed by atoms with Crippen LogP contribution in [0.4, 0.5) is 0 Å². The van der Waals surface area contributed by atoms with Crippen LogP contribution in [0.3, 0.4) is 0 Å². The number of benzene rings is 1. The van der Waals surface area contributed by atoms with E-state index in [0.29, 0.717) is 11.3 Å². The summed E-state index contributed by atoms with van der Waals surface area (Å²) in [5, 5.41) is 4.86. The summed E-state index contributed by atoms with van der Waals surface area (Å²) in [7, 11) is 0. The number of hydrazone groups is 1. The van der Waals surface area contributed by atoms with Crippen LogP contribution in [-0.2, 0) is 11.1 Å². The molecule has 0 radical (unpaired) electrons. The molecule has 0 spiro atoms. The Morgan fingerprint density at radius 3 is 2.78 bits per heavy atom. The maximum atomic E-state index is 11.6. The van der Waals surface area contributed by atoms with E-state index in [-0.39, 0.29) is 11.7 Å². The van der Waals surface area contributed by atoms with Gasteiger partial charge in [-0.15, -0.1) is 0 Å². The highest BCUT2D eigenvalue weighted by Crippen LogP contribution is 2.61. The molecule has 0 saturated heterocycles. The highest BCUT2D eigenvalue weighted by atomic mass is 35.9. The molecule has 1 aliphatic heterocycles. The second kappa shape index (κ2) is 4.17. The number of hydrogen-bond donors (Lipinski definition) is 0. The lowest BCUT2D eigenvalue weighted by molar-refractivity contribution is 0.433. The van der Waals surface area contributed by atoms with Crippen molar-refractivity contribution in [3.63, 3.8) is 0 Å². The van der Waals surface area contributed by atoms with Crippen LogP contribution in [0.25, 0.3) is 11.0 Å². The molecule has 0 unspecified atom stereocenters. The van der Waals surface area contributed by atoms with E-state index in [1.807, 2.05) is 24.3 Å². The van der Waals surface area contributed by atoms with Crippen LogP contribution in [0.5, 0.6) is 0 Å². The standard InChI is InChI=1S/C10H6Cl3N2O2P/c11-10-9-7(5-15(14-10)18(12,13)16)6-3-1-2-4-8(6)17-9/h1-4H,5H2.